The quantitative estimate of drug-likeness (QED) is 0.845. The van der Waals surface area contributed by atoms with Crippen LogP contribution < -0.4 is 10.5 Å². The summed E-state index contributed by atoms with van der Waals surface area (Å²) in [5.41, 5.74) is 7.37. The SMILES string of the molecule is Cc1ncc(S(=O)(=O)Nc2c(C)cccc2N)s1. The molecule has 0 bridgehead atoms. The molecular formula is C11H13N3O2S2. The Balaban J connectivity index is 2.40. The third-order valence-corrected chi connectivity index (χ3v) is 5.13. The molecule has 5 nitrogen and oxygen atoms in total. The number of hydrogen-bond donors (Lipinski definition) is 2. The van der Waals surface area contributed by atoms with Gasteiger partial charge in [0.1, 0.15) is 0 Å². The van der Waals surface area contributed by atoms with E-state index in [1.54, 1.807) is 32.0 Å². The molecule has 0 saturated carbocycles. The molecule has 7 heteroatoms. The van der Waals surface area contributed by atoms with Crippen molar-refractivity contribution in [3.05, 3.63) is 35.0 Å². The highest BCUT2D eigenvalue weighted by atomic mass is 32.2. The fourth-order valence-corrected chi connectivity index (χ4v) is 3.75. The number of nitrogens with one attached hydrogen (secondary N) is 1. The van der Waals surface area contributed by atoms with E-state index in [4.69, 9.17) is 5.73 Å². The van der Waals surface area contributed by atoms with Crippen LogP contribution in [0.4, 0.5) is 11.4 Å². The number of aromatic nitrogens is 1. The van der Waals surface area contributed by atoms with Gasteiger partial charge in [-0.3, -0.25) is 4.72 Å². The number of rotatable bonds is 3. The predicted molar refractivity (Wildman–Crippen MR) is 73.3 cm³/mol. The molecule has 3 N–H and O–H groups in total. The predicted octanol–water partition coefficient (Wildman–Crippen LogP) is 2.14. The second kappa shape index (κ2) is 4.58. The highest BCUT2D eigenvalue weighted by Gasteiger charge is 2.19. The number of hydrogen-bond acceptors (Lipinski definition) is 5. The van der Waals surface area contributed by atoms with Crippen molar-refractivity contribution in [2.75, 3.05) is 10.5 Å². The lowest BCUT2D eigenvalue weighted by Gasteiger charge is -2.11. The summed E-state index contributed by atoms with van der Waals surface area (Å²) in [5.74, 6) is 0. The summed E-state index contributed by atoms with van der Waals surface area (Å²) in [6.07, 6.45) is 1.34. The van der Waals surface area contributed by atoms with Crippen molar-refractivity contribution < 1.29 is 8.42 Å². The van der Waals surface area contributed by atoms with Crippen molar-refractivity contribution in [3.8, 4) is 0 Å². The van der Waals surface area contributed by atoms with Gasteiger partial charge < -0.3 is 5.73 Å². The summed E-state index contributed by atoms with van der Waals surface area (Å²) < 4.78 is 26.9. The van der Waals surface area contributed by atoms with Gasteiger partial charge in [-0.15, -0.1) is 11.3 Å². The number of anilines is 2. The molecule has 1 aromatic carbocycles. The zero-order valence-electron chi connectivity index (χ0n) is 9.97. The van der Waals surface area contributed by atoms with Crippen LogP contribution in [-0.4, -0.2) is 13.4 Å². The summed E-state index contributed by atoms with van der Waals surface area (Å²) in [4.78, 5) is 3.94. The van der Waals surface area contributed by atoms with Crippen LogP contribution in [0.25, 0.3) is 0 Å². The van der Waals surface area contributed by atoms with E-state index < -0.39 is 10.0 Å². The van der Waals surface area contributed by atoms with Crippen molar-refractivity contribution in [1.29, 1.82) is 0 Å². The second-order valence-electron chi connectivity index (χ2n) is 3.84. The van der Waals surface area contributed by atoms with E-state index in [1.807, 2.05) is 0 Å². The minimum atomic E-state index is -3.61. The molecule has 0 aliphatic heterocycles. The first-order valence-electron chi connectivity index (χ1n) is 5.20. The van der Waals surface area contributed by atoms with E-state index in [-0.39, 0.29) is 4.21 Å². The molecule has 0 radical (unpaired) electrons. The monoisotopic (exact) mass is 283 g/mol. The first kappa shape index (κ1) is 12.8. The molecular weight excluding hydrogens is 270 g/mol. The van der Waals surface area contributed by atoms with Crippen molar-refractivity contribution in [2.45, 2.75) is 18.1 Å². The molecule has 96 valence electrons. The molecule has 1 heterocycles. The van der Waals surface area contributed by atoms with Crippen molar-refractivity contribution in [3.63, 3.8) is 0 Å². The summed E-state index contributed by atoms with van der Waals surface area (Å²) in [7, 11) is -3.61. The first-order chi connectivity index (χ1) is 8.40. The smallest absolute Gasteiger partial charge is 0.273 e. The number of aryl methyl sites for hydroxylation is 2. The highest BCUT2D eigenvalue weighted by Crippen LogP contribution is 2.27. The van der Waals surface area contributed by atoms with Crippen LogP contribution in [0.15, 0.2) is 28.6 Å². The van der Waals surface area contributed by atoms with Crippen molar-refractivity contribution >= 4 is 32.7 Å². The molecule has 0 aliphatic rings. The molecule has 0 aliphatic carbocycles. The van der Waals surface area contributed by atoms with Crippen LogP contribution >= 0.6 is 11.3 Å². The molecule has 0 amide bonds. The van der Waals surface area contributed by atoms with E-state index in [2.05, 4.69) is 9.71 Å². The third kappa shape index (κ3) is 2.46. The number of thiazole rings is 1. The number of nitrogens with zero attached hydrogens (tertiary/aromatic N) is 1. The number of sulfonamides is 1. The molecule has 0 unspecified atom stereocenters. The van der Waals surface area contributed by atoms with Crippen LogP contribution in [0.3, 0.4) is 0 Å². The minimum absolute atomic E-state index is 0.183. The molecule has 2 aromatic rings. The van der Waals surface area contributed by atoms with Gasteiger partial charge in [0.05, 0.1) is 22.6 Å². The van der Waals surface area contributed by atoms with E-state index in [0.717, 1.165) is 16.9 Å². The second-order valence-corrected chi connectivity index (χ2v) is 6.99. The molecule has 0 fully saturated rings. The Labute approximate surface area is 110 Å². The number of para-hydroxylation sites is 1. The Bertz CT molecular complexity index is 657. The summed E-state index contributed by atoms with van der Waals surface area (Å²) in [6, 6.07) is 5.23. The van der Waals surface area contributed by atoms with E-state index in [0.29, 0.717) is 16.4 Å². The fourth-order valence-electron chi connectivity index (χ4n) is 1.48. The van der Waals surface area contributed by atoms with Gasteiger partial charge in [-0.25, -0.2) is 13.4 Å². The molecule has 0 saturated heterocycles. The Morgan fingerprint density at radius 2 is 2.06 bits per heavy atom. The van der Waals surface area contributed by atoms with Gasteiger partial charge in [-0.05, 0) is 25.5 Å². The van der Waals surface area contributed by atoms with E-state index in [9.17, 15) is 8.42 Å². The molecule has 18 heavy (non-hydrogen) atoms. The Kier molecular flexibility index (Phi) is 3.27. The maximum absolute atomic E-state index is 12.1. The van der Waals surface area contributed by atoms with Gasteiger partial charge in [0, 0.05) is 0 Å². The minimum Gasteiger partial charge on any atom is -0.397 e. The van der Waals surface area contributed by atoms with Gasteiger partial charge in [0.2, 0.25) is 0 Å². The first-order valence-corrected chi connectivity index (χ1v) is 7.50. The maximum atomic E-state index is 12.1. The van der Waals surface area contributed by atoms with Gasteiger partial charge in [-0.2, -0.15) is 0 Å². The lowest BCUT2D eigenvalue weighted by Crippen LogP contribution is -2.13. The summed E-state index contributed by atoms with van der Waals surface area (Å²) in [6.45, 7) is 3.55. The van der Waals surface area contributed by atoms with Gasteiger partial charge in [0.25, 0.3) is 10.0 Å². The van der Waals surface area contributed by atoms with E-state index >= 15 is 0 Å². The molecule has 0 spiro atoms. The zero-order valence-corrected chi connectivity index (χ0v) is 11.6. The molecule has 0 atom stereocenters. The standard InChI is InChI=1S/C11H13N3O2S2/c1-7-4-3-5-9(12)11(7)14-18(15,16)10-6-13-8(2)17-10/h3-6,14H,12H2,1-2H3. The number of benzene rings is 1. The van der Waals surface area contributed by atoms with Gasteiger partial charge in [-0.1, -0.05) is 12.1 Å². The van der Waals surface area contributed by atoms with Crippen LogP contribution in [0.5, 0.6) is 0 Å². The lowest BCUT2D eigenvalue weighted by molar-refractivity contribution is 0.603. The average molecular weight is 283 g/mol. The normalized spacial score (nSPS) is 11.4. The Morgan fingerprint density at radius 1 is 1.33 bits per heavy atom. The maximum Gasteiger partial charge on any atom is 0.273 e. The Morgan fingerprint density at radius 3 is 2.61 bits per heavy atom. The fraction of sp³-hybridized carbons (Fsp3) is 0.182. The lowest BCUT2D eigenvalue weighted by atomic mass is 10.2. The van der Waals surface area contributed by atoms with Crippen LogP contribution in [0, 0.1) is 13.8 Å². The van der Waals surface area contributed by atoms with Crippen LogP contribution in [-0.2, 0) is 10.0 Å². The van der Waals surface area contributed by atoms with Gasteiger partial charge in [0.15, 0.2) is 4.21 Å². The molecule has 2 rings (SSSR count). The van der Waals surface area contributed by atoms with Crippen molar-refractivity contribution in [2.24, 2.45) is 0 Å². The van der Waals surface area contributed by atoms with Crippen LogP contribution in [0.1, 0.15) is 10.6 Å². The molecule has 1 aromatic heterocycles. The largest absolute Gasteiger partial charge is 0.397 e. The topological polar surface area (TPSA) is 85.1 Å². The summed E-state index contributed by atoms with van der Waals surface area (Å²) in [5, 5.41) is 0.702. The van der Waals surface area contributed by atoms with E-state index in [1.165, 1.54) is 6.20 Å². The summed E-state index contributed by atoms with van der Waals surface area (Å²) >= 11 is 1.12. The number of nitrogen functional groups attached to an aromatic ring is 1. The average Bonchev–Trinajstić information content (AvgIpc) is 2.71. The van der Waals surface area contributed by atoms with Crippen molar-refractivity contribution in [1.82, 2.24) is 4.98 Å². The van der Waals surface area contributed by atoms with Crippen LogP contribution in [0.2, 0.25) is 0 Å². The zero-order chi connectivity index (χ0) is 13.3. The Hall–Kier alpha value is -1.60. The highest BCUT2D eigenvalue weighted by molar-refractivity contribution is 7.94. The number of nitrogens with two attached hydrogens (primary N) is 1. The third-order valence-electron chi connectivity index (χ3n) is 2.41. The van der Waals surface area contributed by atoms with Gasteiger partial charge >= 0.3 is 0 Å².